The Labute approximate surface area is 162 Å². The third-order valence-corrected chi connectivity index (χ3v) is 3.79. The van der Waals surface area contributed by atoms with E-state index < -0.39 is 0 Å². The van der Waals surface area contributed by atoms with Crippen LogP contribution >= 0.6 is 0 Å². The van der Waals surface area contributed by atoms with Crippen molar-refractivity contribution < 1.29 is 0 Å². The van der Waals surface area contributed by atoms with E-state index in [0.717, 1.165) is 22.3 Å². The molecule has 0 saturated heterocycles. The Balaban J connectivity index is 0.000000855. The predicted octanol–water partition coefficient (Wildman–Crippen LogP) is 4.81. The van der Waals surface area contributed by atoms with Gasteiger partial charge in [0.15, 0.2) is 0 Å². The molecular formula is C21H30N6. The predicted molar refractivity (Wildman–Crippen MR) is 112 cm³/mol. The SMILES string of the molecule is CC.CC.Cc1nc(C(C)C)c2c(C#N)cn(Cc3cccnc3N)c2n1. The van der Waals surface area contributed by atoms with Gasteiger partial charge in [-0.3, -0.25) is 0 Å². The highest BCUT2D eigenvalue weighted by Gasteiger charge is 2.18. The molecule has 0 amide bonds. The van der Waals surface area contributed by atoms with Crippen LogP contribution in [0.25, 0.3) is 11.0 Å². The summed E-state index contributed by atoms with van der Waals surface area (Å²) in [4.78, 5) is 13.2. The number of aromatic nitrogens is 4. The van der Waals surface area contributed by atoms with E-state index >= 15 is 0 Å². The summed E-state index contributed by atoms with van der Waals surface area (Å²) in [6, 6.07) is 6.04. The van der Waals surface area contributed by atoms with Crippen molar-refractivity contribution in [1.82, 2.24) is 19.5 Å². The quantitative estimate of drug-likeness (QED) is 0.717. The van der Waals surface area contributed by atoms with Crippen LogP contribution in [-0.2, 0) is 6.54 Å². The Morgan fingerprint density at radius 1 is 1.19 bits per heavy atom. The number of nitrogen functional groups attached to an aromatic ring is 1. The summed E-state index contributed by atoms with van der Waals surface area (Å²) in [5, 5.41) is 10.3. The normalized spacial score (nSPS) is 9.89. The number of hydrogen-bond donors (Lipinski definition) is 1. The molecule has 0 bridgehead atoms. The molecule has 3 aromatic heterocycles. The van der Waals surface area contributed by atoms with Gasteiger partial charge in [0.2, 0.25) is 0 Å². The molecule has 2 N–H and O–H groups in total. The molecule has 27 heavy (non-hydrogen) atoms. The molecule has 0 aliphatic heterocycles. The molecule has 3 aromatic rings. The molecule has 0 fully saturated rings. The lowest BCUT2D eigenvalue weighted by molar-refractivity contribution is 0.796. The van der Waals surface area contributed by atoms with Gasteiger partial charge in [-0.1, -0.05) is 47.6 Å². The zero-order chi connectivity index (χ0) is 20.6. The number of rotatable bonds is 3. The molecule has 6 heteroatoms. The number of nitriles is 1. The maximum absolute atomic E-state index is 9.49. The maximum atomic E-state index is 9.49. The van der Waals surface area contributed by atoms with Crippen molar-refractivity contribution in [2.75, 3.05) is 5.73 Å². The standard InChI is InChI=1S/C17H18N6.2C2H6/c1-10(2)15-14-13(7-18)9-23(17(14)22-11(3)21-15)8-12-5-4-6-20-16(12)19;2*1-2/h4-6,9-10H,8H2,1-3H3,(H2,19,20);2*1-2H3. The topological polar surface area (TPSA) is 93.4 Å². The van der Waals surface area contributed by atoms with Gasteiger partial charge in [-0.05, 0) is 18.9 Å². The fourth-order valence-corrected chi connectivity index (χ4v) is 2.72. The zero-order valence-electron chi connectivity index (χ0n) is 17.4. The number of nitrogens with two attached hydrogens (primary N) is 1. The Morgan fingerprint density at radius 3 is 2.41 bits per heavy atom. The minimum absolute atomic E-state index is 0.214. The van der Waals surface area contributed by atoms with E-state index in [4.69, 9.17) is 5.73 Å². The first kappa shape index (κ1) is 22.1. The van der Waals surface area contributed by atoms with Crippen LogP contribution in [0.15, 0.2) is 24.5 Å². The first-order valence-electron chi connectivity index (χ1n) is 9.48. The van der Waals surface area contributed by atoms with Gasteiger partial charge in [-0.25, -0.2) is 15.0 Å². The van der Waals surface area contributed by atoms with E-state index in [1.165, 1.54) is 0 Å². The minimum atomic E-state index is 0.214. The third-order valence-electron chi connectivity index (χ3n) is 3.79. The van der Waals surface area contributed by atoms with Crippen molar-refractivity contribution in [3.05, 3.63) is 47.2 Å². The lowest BCUT2D eigenvalue weighted by Crippen LogP contribution is -2.06. The highest BCUT2D eigenvalue weighted by atomic mass is 15.1. The number of fused-ring (bicyclic) bond motifs is 1. The van der Waals surface area contributed by atoms with Crippen molar-refractivity contribution in [1.29, 1.82) is 5.26 Å². The van der Waals surface area contributed by atoms with E-state index in [1.54, 1.807) is 6.20 Å². The number of nitrogens with zero attached hydrogens (tertiary/aromatic N) is 5. The molecule has 0 atom stereocenters. The summed E-state index contributed by atoms with van der Waals surface area (Å²) in [5.74, 6) is 1.40. The summed E-state index contributed by atoms with van der Waals surface area (Å²) in [5.41, 5.74) is 9.10. The van der Waals surface area contributed by atoms with Crippen LogP contribution < -0.4 is 5.73 Å². The van der Waals surface area contributed by atoms with E-state index in [1.807, 2.05) is 57.5 Å². The monoisotopic (exact) mass is 366 g/mol. The van der Waals surface area contributed by atoms with E-state index in [2.05, 4.69) is 34.9 Å². The van der Waals surface area contributed by atoms with Crippen molar-refractivity contribution in [3.8, 4) is 6.07 Å². The summed E-state index contributed by atoms with van der Waals surface area (Å²) in [6.07, 6.45) is 3.48. The average Bonchev–Trinajstić information content (AvgIpc) is 3.03. The highest BCUT2D eigenvalue weighted by molar-refractivity contribution is 5.86. The van der Waals surface area contributed by atoms with Crippen LogP contribution in [0.3, 0.4) is 0 Å². The van der Waals surface area contributed by atoms with Crippen molar-refractivity contribution >= 4 is 16.9 Å². The molecule has 3 rings (SSSR count). The zero-order valence-corrected chi connectivity index (χ0v) is 17.4. The molecule has 3 heterocycles. The number of anilines is 1. The van der Waals surface area contributed by atoms with E-state index in [0.29, 0.717) is 23.8 Å². The number of pyridine rings is 1. The second-order valence-electron chi connectivity index (χ2n) is 5.84. The lowest BCUT2D eigenvalue weighted by Gasteiger charge is -2.10. The molecule has 0 aromatic carbocycles. The third kappa shape index (κ3) is 4.82. The largest absolute Gasteiger partial charge is 0.383 e. The number of aryl methyl sites for hydroxylation is 1. The summed E-state index contributed by atoms with van der Waals surface area (Å²) >= 11 is 0. The second kappa shape index (κ2) is 10.3. The molecule has 6 nitrogen and oxygen atoms in total. The van der Waals surface area contributed by atoms with Crippen LogP contribution in [0, 0.1) is 18.3 Å². The smallest absolute Gasteiger partial charge is 0.145 e. The first-order valence-corrected chi connectivity index (χ1v) is 9.48. The van der Waals surface area contributed by atoms with Crippen LogP contribution in [0.4, 0.5) is 5.82 Å². The van der Waals surface area contributed by atoms with Crippen LogP contribution in [0.5, 0.6) is 0 Å². The lowest BCUT2D eigenvalue weighted by atomic mass is 10.0. The van der Waals surface area contributed by atoms with Gasteiger partial charge in [0, 0.05) is 18.0 Å². The Morgan fingerprint density at radius 2 is 1.85 bits per heavy atom. The second-order valence-corrected chi connectivity index (χ2v) is 5.84. The van der Waals surface area contributed by atoms with Crippen LogP contribution in [-0.4, -0.2) is 19.5 Å². The van der Waals surface area contributed by atoms with Crippen LogP contribution in [0.1, 0.15) is 70.1 Å². The van der Waals surface area contributed by atoms with Gasteiger partial charge in [0.05, 0.1) is 23.2 Å². The molecule has 0 unspecified atom stereocenters. The van der Waals surface area contributed by atoms with E-state index in [9.17, 15) is 5.26 Å². The Kier molecular flexibility index (Phi) is 8.40. The Bertz CT molecular complexity index is 918. The van der Waals surface area contributed by atoms with Crippen LogP contribution in [0.2, 0.25) is 0 Å². The minimum Gasteiger partial charge on any atom is -0.383 e. The van der Waals surface area contributed by atoms with Gasteiger partial charge in [0.25, 0.3) is 0 Å². The van der Waals surface area contributed by atoms with Gasteiger partial charge in [-0.15, -0.1) is 0 Å². The number of hydrogen-bond acceptors (Lipinski definition) is 5. The summed E-state index contributed by atoms with van der Waals surface area (Å²) < 4.78 is 1.95. The van der Waals surface area contributed by atoms with Gasteiger partial charge in [0.1, 0.15) is 23.4 Å². The van der Waals surface area contributed by atoms with E-state index in [-0.39, 0.29) is 5.92 Å². The molecule has 0 spiro atoms. The first-order chi connectivity index (χ1) is 13.0. The summed E-state index contributed by atoms with van der Waals surface area (Å²) in [6.45, 7) is 14.5. The molecule has 144 valence electrons. The molecular weight excluding hydrogens is 336 g/mol. The van der Waals surface area contributed by atoms with Crippen molar-refractivity contribution in [3.63, 3.8) is 0 Å². The highest BCUT2D eigenvalue weighted by Crippen LogP contribution is 2.28. The average molecular weight is 367 g/mol. The van der Waals surface area contributed by atoms with Gasteiger partial charge in [-0.2, -0.15) is 5.26 Å². The fourth-order valence-electron chi connectivity index (χ4n) is 2.72. The van der Waals surface area contributed by atoms with Crippen molar-refractivity contribution in [2.45, 2.75) is 60.9 Å². The molecule has 0 radical (unpaired) electrons. The van der Waals surface area contributed by atoms with Gasteiger partial charge >= 0.3 is 0 Å². The summed E-state index contributed by atoms with van der Waals surface area (Å²) in [7, 11) is 0. The molecule has 0 saturated carbocycles. The fraction of sp³-hybridized carbons (Fsp3) is 0.429. The molecule has 0 aliphatic rings. The van der Waals surface area contributed by atoms with Crippen molar-refractivity contribution in [2.24, 2.45) is 0 Å². The Hall–Kier alpha value is -2.94. The van der Waals surface area contributed by atoms with Gasteiger partial charge < -0.3 is 10.3 Å². The maximum Gasteiger partial charge on any atom is 0.145 e. The molecule has 0 aliphatic carbocycles.